The van der Waals surface area contributed by atoms with Gasteiger partial charge in [-0.3, -0.25) is 9.48 Å². The van der Waals surface area contributed by atoms with Gasteiger partial charge in [0.2, 0.25) is 0 Å². The molecule has 1 N–H and O–H groups in total. The first-order valence-corrected chi connectivity index (χ1v) is 11.7. The van der Waals surface area contributed by atoms with Crippen molar-refractivity contribution in [3.05, 3.63) is 75.6 Å². The Morgan fingerprint density at radius 1 is 1.14 bits per heavy atom. The number of aromatic nitrogens is 2. The fourth-order valence-electron chi connectivity index (χ4n) is 3.53. The van der Waals surface area contributed by atoms with Crippen molar-refractivity contribution in [3.8, 4) is 11.5 Å². The molecule has 3 rings (SSSR count). The molecule has 1 amide bonds. The first-order chi connectivity index (χ1) is 16.8. The summed E-state index contributed by atoms with van der Waals surface area (Å²) in [5.74, 6) is -0.427. The van der Waals surface area contributed by atoms with Gasteiger partial charge in [0, 0.05) is 17.8 Å². The fraction of sp³-hybridized carbons (Fsp3) is 0.346. The minimum atomic E-state index is -0.689. The zero-order chi connectivity index (χ0) is 25.4. The fourth-order valence-corrected chi connectivity index (χ4v) is 3.80. The van der Waals surface area contributed by atoms with Crippen LogP contribution < -0.4 is 14.8 Å². The van der Waals surface area contributed by atoms with E-state index in [-0.39, 0.29) is 17.1 Å². The van der Waals surface area contributed by atoms with E-state index in [2.05, 4.69) is 10.4 Å². The number of ether oxygens (including phenoxy) is 3. The molecule has 1 heterocycles. The largest absolute Gasteiger partial charge is 0.493 e. The Labute approximate surface area is 210 Å². The molecule has 0 fully saturated rings. The Kier molecular flexibility index (Phi) is 9.14. The van der Waals surface area contributed by atoms with Crippen LogP contribution in [0.15, 0.2) is 42.5 Å². The lowest BCUT2D eigenvalue weighted by atomic mass is 10.2. The summed E-state index contributed by atoms with van der Waals surface area (Å²) in [7, 11) is 1.46. The molecular formula is C26H30ClN3O5. The van der Waals surface area contributed by atoms with E-state index in [0.717, 1.165) is 28.9 Å². The maximum Gasteiger partial charge on any atom is 0.338 e. The van der Waals surface area contributed by atoms with Crippen molar-refractivity contribution in [1.29, 1.82) is 0 Å². The zero-order valence-electron chi connectivity index (χ0n) is 20.4. The monoisotopic (exact) mass is 499 g/mol. The molecule has 0 saturated carbocycles. The summed E-state index contributed by atoms with van der Waals surface area (Å²) in [6.07, 6.45) is 0.797. The van der Waals surface area contributed by atoms with Gasteiger partial charge in [-0.1, -0.05) is 48.9 Å². The van der Waals surface area contributed by atoms with Crippen molar-refractivity contribution in [2.75, 3.05) is 20.3 Å². The van der Waals surface area contributed by atoms with Crippen LogP contribution in [0.5, 0.6) is 11.5 Å². The number of hydrogen-bond acceptors (Lipinski definition) is 6. The summed E-state index contributed by atoms with van der Waals surface area (Å²) >= 11 is 6.26. The smallest absolute Gasteiger partial charge is 0.338 e. The molecule has 0 saturated heterocycles. The van der Waals surface area contributed by atoms with E-state index in [0.29, 0.717) is 24.7 Å². The number of benzene rings is 2. The predicted molar refractivity (Wildman–Crippen MR) is 133 cm³/mol. The van der Waals surface area contributed by atoms with Crippen molar-refractivity contribution in [1.82, 2.24) is 15.1 Å². The Balaban J connectivity index is 1.56. The molecule has 9 heteroatoms. The average molecular weight is 500 g/mol. The third kappa shape index (κ3) is 6.76. The molecule has 186 valence electrons. The number of halogens is 1. The van der Waals surface area contributed by atoms with Crippen LogP contribution in [0.1, 0.15) is 46.2 Å². The second-order valence-corrected chi connectivity index (χ2v) is 8.39. The van der Waals surface area contributed by atoms with Crippen molar-refractivity contribution in [2.45, 2.75) is 40.3 Å². The highest BCUT2D eigenvalue weighted by Gasteiger charge is 2.18. The minimum Gasteiger partial charge on any atom is -0.493 e. The normalized spacial score (nSPS) is 10.7. The Morgan fingerprint density at radius 2 is 1.89 bits per heavy atom. The highest BCUT2D eigenvalue weighted by Crippen LogP contribution is 2.36. The number of aryl methyl sites for hydroxylation is 1. The summed E-state index contributed by atoms with van der Waals surface area (Å²) < 4.78 is 18.0. The first-order valence-electron chi connectivity index (χ1n) is 11.3. The minimum absolute atomic E-state index is 0.164. The summed E-state index contributed by atoms with van der Waals surface area (Å²) in [5.41, 5.74) is 4.04. The number of esters is 1. The van der Waals surface area contributed by atoms with Crippen molar-refractivity contribution >= 4 is 23.5 Å². The lowest BCUT2D eigenvalue weighted by Gasteiger charge is -2.13. The number of rotatable bonds is 11. The molecule has 35 heavy (non-hydrogen) atoms. The van der Waals surface area contributed by atoms with E-state index in [1.165, 1.54) is 19.2 Å². The summed E-state index contributed by atoms with van der Waals surface area (Å²) in [6.45, 7) is 6.81. The van der Waals surface area contributed by atoms with Crippen molar-refractivity contribution in [2.24, 2.45) is 0 Å². The molecule has 0 radical (unpaired) electrons. The van der Waals surface area contributed by atoms with Gasteiger partial charge in [-0.25, -0.2) is 4.79 Å². The van der Waals surface area contributed by atoms with E-state index < -0.39 is 18.5 Å². The summed E-state index contributed by atoms with van der Waals surface area (Å²) in [4.78, 5) is 24.8. The third-order valence-electron chi connectivity index (χ3n) is 5.42. The van der Waals surface area contributed by atoms with E-state index in [1.54, 1.807) is 0 Å². The van der Waals surface area contributed by atoms with Gasteiger partial charge in [0.25, 0.3) is 5.91 Å². The molecule has 8 nitrogen and oxygen atoms in total. The highest BCUT2D eigenvalue weighted by atomic mass is 35.5. The van der Waals surface area contributed by atoms with Crippen LogP contribution in [0, 0.1) is 13.8 Å². The number of nitrogens with one attached hydrogen (secondary N) is 1. The van der Waals surface area contributed by atoms with Gasteiger partial charge in [-0.2, -0.15) is 5.10 Å². The lowest BCUT2D eigenvalue weighted by molar-refractivity contribution is -0.124. The van der Waals surface area contributed by atoms with Crippen molar-refractivity contribution < 1.29 is 23.8 Å². The zero-order valence-corrected chi connectivity index (χ0v) is 21.1. The van der Waals surface area contributed by atoms with Crippen molar-refractivity contribution in [3.63, 3.8) is 0 Å². The Morgan fingerprint density at radius 3 is 2.57 bits per heavy atom. The van der Waals surface area contributed by atoms with Gasteiger partial charge in [-0.05, 0) is 38.0 Å². The molecule has 1 aromatic heterocycles. The maximum absolute atomic E-state index is 12.5. The second kappa shape index (κ2) is 12.3. The van der Waals surface area contributed by atoms with Gasteiger partial charge in [0.15, 0.2) is 18.1 Å². The second-order valence-electron chi connectivity index (χ2n) is 7.98. The molecule has 0 aliphatic carbocycles. The van der Waals surface area contributed by atoms with Crippen LogP contribution in [0.25, 0.3) is 0 Å². The van der Waals surface area contributed by atoms with E-state index in [4.69, 9.17) is 25.8 Å². The quantitative estimate of drug-likeness (QED) is 0.391. The van der Waals surface area contributed by atoms with Gasteiger partial charge in [0.05, 0.1) is 36.5 Å². The molecule has 0 spiro atoms. The van der Waals surface area contributed by atoms with Gasteiger partial charge >= 0.3 is 5.97 Å². The topological polar surface area (TPSA) is 91.7 Å². The molecule has 0 aliphatic heterocycles. The molecule has 2 aromatic carbocycles. The third-order valence-corrected chi connectivity index (χ3v) is 5.70. The molecular weight excluding hydrogens is 470 g/mol. The van der Waals surface area contributed by atoms with Crippen LogP contribution in [0.4, 0.5) is 0 Å². The average Bonchev–Trinajstić information content (AvgIpc) is 3.12. The van der Waals surface area contributed by atoms with E-state index in [9.17, 15) is 9.59 Å². The molecule has 0 unspecified atom stereocenters. The number of nitrogens with zero attached hydrogens (tertiary/aromatic N) is 2. The number of hydrogen-bond donors (Lipinski definition) is 1. The van der Waals surface area contributed by atoms with Crippen LogP contribution in [0.2, 0.25) is 5.02 Å². The molecule has 0 aliphatic rings. The summed E-state index contributed by atoms with van der Waals surface area (Å²) in [5, 5.41) is 7.61. The van der Waals surface area contributed by atoms with Gasteiger partial charge < -0.3 is 19.5 Å². The van der Waals surface area contributed by atoms with Gasteiger partial charge in [0.1, 0.15) is 0 Å². The van der Waals surface area contributed by atoms with Crippen LogP contribution in [-0.4, -0.2) is 42.0 Å². The Bertz CT molecular complexity index is 1180. The molecule has 0 atom stereocenters. The van der Waals surface area contributed by atoms with Crippen LogP contribution in [0.3, 0.4) is 0 Å². The standard InChI is InChI=1S/C26H30ClN3O5/c1-5-11-34-25-22(27)12-20(13-23(25)33-4)26(32)35-16-24(31)28-14-21-17(2)29-30(18(21)3)15-19-9-7-6-8-10-19/h6-10,12-13H,5,11,14-16H2,1-4H3,(H,28,31). The molecule has 3 aromatic rings. The van der Waals surface area contributed by atoms with E-state index >= 15 is 0 Å². The van der Waals surface area contributed by atoms with Crippen LogP contribution >= 0.6 is 11.6 Å². The highest BCUT2D eigenvalue weighted by molar-refractivity contribution is 6.32. The number of amides is 1. The Hall–Kier alpha value is -3.52. The molecule has 0 bridgehead atoms. The first kappa shape index (κ1) is 26.1. The van der Waals surface area contributed by atoms with Gasteiger partial charge in [-0.15, -0.1) is 0 Å². The summed E-state index contributed by atoms with van der Waals surface area (Å²) in [6, 6.07) is 12.9. The SMILES string of the molecule is CCCOc1c(Cl)cc(C(=O)OCC(=O)NCc2c(C)nn(Cc3ccccc3)c2C)cc1OC. The number of carbonyl (C=O) groups excluding carboxylic acids is 2. The lowest BCUT2D eigenvalue weighted by Crippen LogP contribution is -2.28. The predicted octanol–water partition coefficient (Wildman–Crippen LogP) is 4.47. The maximum atomic E-state index is 12.5. The van der Waals surface area contributed by atoms with E-state index in [1.807, 2.05) is 55.8 Å². The number of carbonyl (C=O) groups is 2. The van der Waals surface area contributed by atoms with Crippen LogP contribution in [-0.2, 0) is 22.6 Å². The number of methoxy groups -OCH3 is 1.